The molecule has 30 heavy (non-hydrogen) atoms. The average molecular weight is 427 g/mol. The normalized spacial score (nSPS) is 22.9. The smallest absolute Gasteiger partial charge is 0.237 e. The van der Waals surface area contributed by atoms with Crippen LogP contribution >= 0.6 is 0 Å². The van der Waals surface area contributed by atoms with Gasteiger partial charge in [0, 0.05) is 24.9 Å². The number of aryl methyl sites for hydroxylation is 1. The van der Waals surface area contributed by atoms with Crippen LogP contribution in [-0.2, 0) is 31.3 Å². The van der Waals surface area contributed by atoms with Crippen molar-refractivity contribution in [3.8, 4) is 0 Å². The number of likely N-dealkylation sites (tertiary alicyclic amines) is 1. The second-order valence-electron chi connectivity index (χ2n) is 8.23. The molecule has 2 aliphatic rings. The van der Waals surface area contributed by atoms with E-state index in [0.29, 0.717) is 19.4 Å². The van der Waals surface area contributed by atoms with E-state index in [4.69, 9.17) is 0 Å². The van der Waals surface area contributed by atoms with Crippen molar-refractivity contribution in [3.63, 3.8) is 0 Å². The Morgan fingerprint density at radius 2 is 1.83 bits per heavy atom. The molecule has 2 heterocycles. The number of nitrogens with one attached hydrogen (secondary N) is 1. The van der Waals surface area contributed by atoms with E-state index in [1.54, 1.807) is 4.90 Å². The largest absolute Gasteiger partial charge is 0.338 e. The third-order valence-corrected chi connectivity index (χ3v) is 7.26. The number of nitrogens with zero attached hydrogens (tertiary/aromatic N) is 1. The second-order valence-corrected chi connectivity index (χ2v) is 10.5. The number of rotatable bonds is 6. The minimum Gasteiger partial charge on any atom is -0.338 e. The Kier molecular flexibility index (Phi) is 5.40. The zero-order valence-electron chi connectivity index (χ0n) is 17.0. The first-order chi connectivity index (χ1) is 14.3. The van der Waals surface area contributed by atoms with Gasteiger partial charge in [0.1, 0.15) is 9.84 Å². The molecule has 2 aromatic carbocycles. The molecular formula is C23H26N2O4S. The number of anilines is 1. The third kappa shape index (κ3) is 3.74. The zero-order valence-corrected chi connectivity index (χ0v) is 17.8. The van der Waals surface area contributed by atoms with E-state index in [1.165, 1.54) is 0 Å². The van der Waals surface area contributed by atoms with Crippen LogP contribution in [0.25, 0.3) is 0 Å². The molecule has 1 N–H and O–H groups in total. The molecule has 0 bridgehead atoms. The van der Waals surface area contributed by atoms with Crippen molar-refractivity contribution in [2.75, 3.05) is 23.9 Å². The summed E-state index contributed by atoms with van der Waals surface area (Å²) in [4.78, 5) is 28.0. The van der Waals surface area contributed by atoms with Gasteiger partial charge in [0.2, 0.25) is 11.8 Å². The van der Waals surface area contributed by atoms with Crippen LogP contribution in [0.5, 0.6) is 0 Å². The molecule has 0 saturated carbocycles. The van der Waals surface area contributed by atoms with Crippen LogP contribution in [-0.4, -0.2) is 49.7 Å². The molecule has 0 aliphatic carbocycles. The summed E-state index contributed by atoms with van der Waals surface area (Å²) in [7, 11) is -3.24. The first-order valence-corrected chi connectivity index (χ1v) is 12.3. The van der Waals surface area contributed by atoms with E-state index in [-0.39, 0.29) is 30.0 Å². The van der Waals surface area contributed by atoms with Gasteiger partial charge in [-0.1, -0.05) is 48.5 Å². The van der Waals surface area contributed by atoms with Crippen molar-refractivity contribution >= 4 is 27.3 Å². The van der Waals surface area contributed by atoms with Gasteiger partial charge in [0.25, 0.3) is 0 Å². The Bertz CT molecular complexity index is 1070. The predicted octanol–water partition coefficient (Wildman–Crippen LogP) is 2.54. The van der Waals surface area contributed by atoms with Gasteiger partial charge in [0.05, 0.1) is 17.2 Å². The quantitative estimate of drug-likeness (QED) is 0.769. The maximum Gasteiger partial charge on any atom is 0.237 e. The first kappa shape index (κ1) is 20.6. The second kappa shape index (κ2) is 7.87. The Labute approximate surface area is 177 Å². The summed E-state index contributed by atoms with van der Waals surface area (Å²) in [6, 6.07) is 17.4. The van der Waals surface area contributed by atoms with Crippen molar-refractivity contribution in [2.45, 2.75) is 37.1 Å². The molecule has 6 nitrogen and oxygen atoms in total. The van der Waals surface area contributed by atoms with Crippen LogP contribution < -0.4 is 5.32 Å². The highest BCUT2D eigenvalue weighted by molar-refractivity contribution is 7.90. The number of amides is 2. The monoisotopic (exact) mass is 426 g/mol. The van der Waals surface area contributed by atoms with Crippen molar-refractivity contribution in [2.24, 2.45) is 0 Å². The fourth-order valence-electron chi connectivity index (χ4n) is 4.87. The molecule has 0 radical (unpaired) electrons. The molecule has 0 unspecified atom stereocenters. The lowest BCUT2D eigenvalue weighted by Crippen LogP contribution is -2.49. The summed E-state index contributed by atoms with van der Waals surface area (Å²) in [6.07, 6.45) is 2.99. The predicted molar refractivity (Wildman–Crippen MR) is 116 cm³/mol. The number of sulfone groups is 1. The van der Waals surface area contributed by atoms with Gasteiger partial charge in [-0.25, -0.2) is 8.42 Å². The highest BCUT2D eigenvalue weighted by Crippen LogP contribution is 2.49. The van der Waals surface area contributed by atoms with E-state index >= 15 is 0 Å². The molecular weight excluding hydrogens is 400 g/mol. The average Bonchev–Trinajstić information content (AvgIpc) is 3.24. The van der Waals surface area contributed by atoms with Crippen LogP contribution in [0.4, 0.5) is 5.69 Å². The Balaban J connectivity index is 1.66. The SMILES string of the molecule is CS(=O)(=O)CCC(=O)N1CC[C@]2(C(=O)Nc3ccccc32)[C@@H]1CCc1ccccc1. The van der Waals surface area contributed by atoms with Crippen molar-refractivity contribution in [1.29, 1.82) is 0 Å². The van der Waals surface area contributed by atoms with Crippen LogP contribution in [0.15, 0.2) is 54.6 Å². The Morgan fingerprint density at radius 1 is 1.13 bits per heavy atom. The van der Waals surface area contributed by atoms with Crippen molar-refractivity contribution < 1.29 is 18.0 Å². The fraction of sp³-hybridized carbons (Fsp3) is 0.391. The molecule has 158 valence electrons. The number of carbonyl (C=O) groups excluding carboxylic acids is 2. The maximum atomic E-state index is 13.2. The number of benzene rings is 2. The van der Waals surface area contributed by atoms with Gasteiger partial charge < -0.3 is 10.2 Å². The Morgan fingerprint density at radius 3 is 2.57 bits per heavy atom. The van der Waals surface area contributed by atoms with Crippen LogP contribution in [0.3, 0.4) is 0 Å². The highest BCUT2D eigenvalue weighted by atomic mass is 32.2. The lowest BCUT2D eigenvalue weighted by atomic mass is 9.73. The molecule has 2 atom stereocenters. The molecule has 7 heteroatoms. The van der Waals surface area contributed by atoms with E-state index in [1.807, 2.05) is 54.6 Å². The van der Waals surface area contributed by atoms with Crippen molar-refractivity contribution in [1.82, 2.24) is 4.90 Å². The summed E-state index contributed by atoms with van der Waals surface area (Å²) in [5.74, 6) is -0.448. The summed E-state index contributed by atoms with van der Waals surface area (Å²) in [5, 5.41) is 3.00. The number of hydrogen-bond donors (Lipinski definition) is 1. The van der Waals surface area contributed by atoms with E-state index in [0.717, 1.165) is 29.5 Å². The van der Waals surface area contributed by atoms with Crippen LogP contribution in [0, 0.1) is 0 Å². The highest BCUT2D eigenvalue weighted by Gasteiger charge is 2.58. The molecule has 2 aliphatic heterocycles. The zero-order chi connectivity index (χ0) is 21.4. The molecule has 1 spiro atoms. The molecule has 4 rings (SSSR count). The lowest BCUT2D eigenvalue weighted by Gasteiger charge is -2.34. The number of carbonyl (C=O) groups is 2. The van der Waals surface area contributed by atoms with Gasteiger partial charge in [-0.3, -0.25) is 9.59 Å². The minimum atomic E-state index is -3.24. The van der Waals surface area contributed by atoms with E-state index in [2.05, 4.69) is 5.32 Å². The number of fused-ring (bicyclic) bond motifs is 2. The summed E-state index contributed by atoms with van der Waals surface area (Å²) in [5.41, 5.74) is 2.10. The molecule has 2 amide bonds. The standard InChI is InChI=1S/C23H26N2O4S/c1-30(28,29)16-13-21(26)25-15-14-23(18-9-5-6-10-19(18)24-22(23)27)20(25)12-11-17-7-3-2-4-8-17/h2-10,20H,11-16H2,1H3,(H,24,27)/t20-,23+/m0/s1. The van der Waals surface area contributed by atoms with Crippen LogP contribution in [0.2, 0.25) is 0 Å². The molecule has 0 aromatic heterocycles. The number of para-hydroxylation sites is 1. The number of hydrogen-bond acceptors (Lipinski definition) is 4. The van der Waals surface area contributed by atoms with Crippen molar-refractivity contribution in [3.05, 3.63) is 65.7 Å². The van der Waals surface area contributed by atoms with Gasteiger partial charge >= 0.3 is 0 Å². The minimum absolute atomic E-state index is 0.0555. The van der Waals surface area contributed by atoms with Gasteiger partial charge in [-0.15, -0.1) is 0 Å². The lowest BCUT2D eigenvalue weighted by molar-refractivity contribution is -0.133. The third-order valence-electron chi connectivity index (χ3n) is 6.31. The Hall–Kier alpha value is -2.67. The van der Waals surface area contributed by atoms with E-state index < -0.39 is 15.3 Å². The topological polar surface area (TPSA) is 83.6 Å². The summed E-state index contributed by atoms with van der Waals surface area (Å²) >= 11 is 0. The molecule has 2 aromatic rings. The summed E-state index contributed by atoms with van der Waals surface area (Å²) in [6.45, 7) is 0.448. The van der Waals surface area contributed by atoms with Gasteiger partial charge in [0.15, 0.2) is 0 Å². The fourth-order valence-corrected chi connectivity index (χ4v) is 5.41. The maximum absolute atomic E-state index is 13.2. The molecule has 1 fully saturated rings. The van der Waals surface area contributed by atoms with Gasteiger partial charge in [-0.2, -0.15) is 0 Å². The first-order valence-electron chi connectivity index (χ1n) is 10.2. The van der Waals surface area contributed by atoms with Crippen LogP contribution in [0.1, 0.15) is 30.4 Å². The summed E-state index contributed by atoms with van der Waals surface area (Å²) < 4.78 is 23.1. The molecule has 1 saturated heterocycles. The van der Waals surface area contributed by atoms with E-state index in [9.17, 15) is 18.0 Å². The van der Waals surface area contributed by atoms with Gasteiger partial charge in [-0.05, 0) is 36.5 Å².